The van der Waals surface area contributed by atoms with Crippen LogP contribution in [0.2, 0.25) is 0 Å². The molecule has 0 bridgehead atoms. The largest absolute Gasteiger partial charge is 0.378 e. The van der Waals surface area contributed by atoms with Gasteiger partial charge < -0.3 is 4.90 Å². The number of carbonyl (C=O) groups is 1. The van der Waals surface area contributed by atoms with Crippen molar-refractivity contribution in [1.29, 1.82) is 0 Å². The number of hydrogen-bond acceptors (Lipinski definition) is 4. The van der Waals surface area contributed by atoms with Crippen molar-refractivity contribution >= 4 is 55.8 Å². The molecule has 164 valence electrons. The van der Waals surface area contributed by atoms with Crippen molar-refractivity contribution in [3.63, 3.8) is 0 Å². The number of para-hydroxylation sites is 2. The van der Waals surface area contributed by atoms with Crippen molar-refractivity contribution in [2.75, 3.05) is 19.0 Å². The third kappa shape index (κ3) is 2.98. The van der Waals surface area contributed by atoms with Gasteiger partial charge in [0.25, 0.3) is 5.56 Å². The van der Waals surface area contributed by atoms with Crippen molar-refractivity contribution in [3.8, 4) is 0 Å². The second-order valence-electron chi connectivity index (χ2n) is 8.64. The fourth-order valence-corrected chi connectivity index (χ4v) is 4.66. The molecule has 2 heterocycles. The minimum absolute atomic E-state index is 0.105. The molecule has 0 N–H and O–H groups in total. The van der Waals surface area contributed by atoms with E-state index in [0.717, 1.165) is 38.4 Å². The first-order chi connectivity index (χ1) is 16.5. The third-order valence-electron chi connectivity index (χ3n) is 6.38. The first kappa shape index (κ1) is 20.1. The lowest BCUT2D eigenvalue weighted by Crippen LogP contribution is -2.13. The first-order valence-corrected chi connectivity index (χ1v) is 11.1. The van der Waals surface area contributed by atoms with Crippen LogP contribution >= 0.6 is 0 Å². The van der Waals surface area contributed by atoms with E-state index in [1.165, 1.54) is 0 Å². The molecule has 0 fully saturated rings. The summed E-state index contributed by atoms with van der Waals surface area (Å²) in [6, 6.07) is 24.9. The zero-order valence-corrected chi connectivity index (χ0v) is 18.8. The lowest BCUT2D eigenvalue weighted by molar-refractivity contribution is 0.104. The monoisotopic (exact) mass is 443 g/mol. The number of fused-ring (bicyclic) bond motifs is 4. The summed E-state index contributed by atoms with van der Waals surface area (Å²) in [6.07, 6.45) is 3.41. The number of allylic oxidation sites excluding steroid dienone is 1. The van der Waals surface area contributed by atoms with E-state index in [-0.39, 0.29) is 11.3 Å². The van der Waals surface area contributed by atoms with Crippen LogP contribution in [0.15, 0.2) is 89.7 Å². The van der Waals surface area contributed by atoms with Crippen LogP contribution in [-0.2, 0) is 0 Å². The number of hydrogen-bond donors (Lipinski definition) is 0. The first-order valence-electron chi connectivity index (χ1n) is 11.1. The maximum Gasteiger partial charge on any atom is 0.264 e. The average Bonchev–Trinajstić information content (AvgIpc) is 3.26. The maximum absolute atomic E-state index is 13.5. The lowest BCUT2D eigenvalue weighted by atomic mass is 9.95. The van der Waals surface area contributed by atoms with Crippen molar-refractivity contribution in [3.05, 3.63) is 106 Å². The summed E-state index contributed by atoms with van der Waals surface area (Å²) in [5.74, 6) is -0.105. The van der Waals surface area contributed by atoms with Gasteiger partial charge in [0.15, 0.2) is 5.78 Å². The van der Waals surface area contributed by atoms with E-state index < -0.39 is 0 Å². The normalized spacial score (nSPS) is 11.9. The molecule has 6 aromatic rings. The van der Waals surface area contributed by atoms with Crippen LogP contribution in [0.5, 0.6) is 0 Å². The molecule has 4 aromatic carbocycles. The van der Waals surface area contributed by atoms with Crippen LogP contribution in [0.25, 0.3) is 44.3 Å². The Bertz CT molecular complexity index is 1810. The van der Waals surface area contributed by atoms with Gasteiger partial charge in [-0.3, -0.25) is 14.0 Å². The molecule has 0 radical (unpaired) electrons. The highest BCUT2D eigenvalue weighted by molar-refractivity contribution is 6.23. The molecule has 0 aliphatic heterocycles. The van der Waals surface area contributed by atoms with Gasteiger partial charge in [-0.25, -0.2) is 4.98 Å². The fourth-order valence-electron chi connectivity index (χ4n) is 4.66. The minimum Gasteiger partial charge on any atom is -0.378 e. The summed E-state index contributed by atoms with van der Waals surface area (Å²) in [5, 5.41) is 2.99. The molecule has 2 aromatic heterocycles. The van der Waals surface area contributed by atoms with Gasteiger partial charge in [-0.15, -0.1) is 0 Å². The van der Waals surface area contributed by atoms with Crippen LogP contribution in [0, 0.1) is 0 Å². The van der Waals surface area contributed by atoms with Crippen LogP contribution in [0.3, 0.4) is 0 Å². The van der Waals surface area contributed by atoms with Crippen LogP contribution in [0.4, 0.5) is 5.69 Å². The molecular weight excluding hydrogens is 422 g/mol. The summed E-state index contributed by atoms with van der Waals surface area (Å²) < 4.78 is 1.67. The van der Waals surface area contributed by atoms with Gasteiger partial charge in [-0.1, -0.05) is 48.5 Å². The number of anilines is 1. The zero-order valence-electron chi connectivity index (χ0n) is 18.8. The smallest absolute Gasteiger partial charge is 0.264 e. The predicted molar refractivity (Wildman–Crippen MR) is 139 cm³/mol. The highest BCUT2D eigenvalue weighted by Gasteiger charge is 2.18. The molecule has 6 rings (SSSR count). The standard InChI is InChI=1S/C29H21N3O2/c1-31(2)19-13-10-18(11-14-19)12-17-26(33)20-15-16-23-27-21(20)6-5-7-22(27)28-30-24-8-3-4-9-25(24)32(28)29(23)34/h3-17H,1-2H3/b17-12-. The summed E-state index contributed by atoms with van der Waals surface area (Å²) >= 11 is 0. The molecule has 0 amide bonds. The summed E-state index contributed by atoms with van der Waals surface area (Å²) in [5.41, 5.74) is 4.67. The number of benzene rings is 4. The van der Waals surface area contributed by atoms with Gasteiger partial charge >= 0.3 is 0 Å². The SMILES string of the molecule is CN(C)c1ccc(/C=C\C(=O)c2ccc3c(=O)n4c5ccccc5nc4c4cccc2c34)cc1. The predicted octanol–water partition coefficient (Wildman–Crippen LogP) is 5.55. The number of aromatic nitrogens is 2. The highest BCUT2D eigenvalue weighted by Crippen LogP contribution is 2.32. The maximum atomic E-state index is 13.5. The Morgan fingerprint density at radius 3 is 2.41 bits per heavy atom. The number of ketones is 1. The second-order valence-corrected chi connectivity index (χ2v) is 8.64. The Hall–Kier alpha value is -4.51. The fraction of sp³-hybridized carbons (Fsp3) is 0.0690. The summed E-state index contributed by atoms with van der Waals surface area (Å²) in [4.78, 5) is 33.4. The van der Waals surface area contributed by atoms with Crippen molar-refractivity contribution < 1.29 is 4.79 Å². The molecule has 0 saturated heterocycles. The number of imidazole rings is 1. The van der Waals surface area contributed by atoms with Gasteiger partial charge in [-0.2, -0.15) is 0 Å². The lowest BCUT2D eigenvalue weighted by Gasteiger charge is -2.11. The Labute approximate surface area is 195 Å². The third-order valence-corrected chi connectivity index (χ3v) is 6.38. The van der Waals surface area contributed by atoms with Gasteiger partial charge in [0.05, 0.1) is 11.0 Å². The summed E-state index contributed by atoms with van der Waals surface area (Å²) in [7, 11) is 3.98. The average molecular weight is 444 g/mol. The molecule has 0 aliphatic carbocycles. The van der Waals surface area contributed by atoms with E-state index in [4.69, 9.17) is 4.98 Å². The molecule has 5 nitrogen and oxygen atoms in total. The van der Waals surface area contributed by atoms with E-state index >= 15 is 0 Å². The van der Waals surface area contributed by atoms with E-state index in [1.54, 1.807) is 22.6 Å². The van der Waals surface area contributed by atoms with Gasteiger partial charge in [-0.05, 0) is 53.4 Å². The molecule has 5 heteroatoms. The minimum atomic E-state index is -0.122. The zero-order chi connectivity index (χ0) is 23.4. The second kappa shape index (κ2) is 7.52. The van der Waals surface area contributed by atoms with Gasteiger partial charge in [0.1, 0.15) is 5.65 Å². The van der Waals surface area contributed by atoms with E-state index in [9.17, 15) is 9.59 Å². The molecule has 0 spiro atoms. The molecule has 0 atom stereocenters. The number of rotatable bonds is 4. The highest BCUT2D eigenvalue weighted by atomic mass is 16.1. The van der Waals surface area contributed by atoms with Crippen molar-refractivity contribution in [2.45, 2.75) is 0 Å². The molecular formula is C29H21N3O2. The van der Waals surface area contributed by atoms with E-state index in [0.29, 0.717) is 16.6 Å². The number of carbonyl (C=O) groups excluding carboxylic acids is 1. The quantitative estimate of drug-likeness (QED) is 0.265. The van der Waals surface area contributed by atoms with Crippen molar-refractivity contribution in [2.24, 2.45) is 0 Å². The van der Waals surface area contributed by atoms with Gasteiger partial charge in [0, 0.05) is 41.5 Å². The molecule has 0 aliphatic rings. The molecule has 34 heavy (non-hydrogen) atoms. The Kier molecular flexibility index (Phi) is 4.45. The van der Waals surface area contributed by atoms with Gasteiger partial charge in [0.2, 0.25) is 0 Å². The topological polar surface area (TPSA) is 54.7 Å². The van der Waals surface area contributed by atoms with Crippen LogP contribution in [-0.4, -0.2) is 29.3 Å². The Morgan fingerprint density at radius 2 is 1.62 bits per heavy atom. The van der Waals surface area contributed by atoms with Crippen LogP contribution in [0.1, 0.15) is 15.9 Å². The van der Waals surface area contributed by atoms with Crippen LogP contribution < -0.4 is 10.5 Å². The molecule has 0 unspecified atom stereocenters. The Balaban J connectivity index is 1.51. The Morgan fingerprint density at radius 1 is 0.853 bits per heavy atom. The molecule has 0 saturated carbocycles. The van der Waals surface area contributed by atoms with E-state index in [1.807, 2.05) is 91.8 Å². The summed E-state index contributed by atoms with van der Waals surface area (Å²) in [6.45, 7) is 0. The van der Waals surface area contributed by atoms with E-state index in [2.05, 4.69) is 0 Å². The number of nitrogens with zero attached hydrogens (tertiary/aromatic N) is 3. The number of pyridine rings is 1. The van der Waals surface area contributed by atoms with Crippen molar-refractivity contribution in [1.82, 2.24) is 9.38 Å².